The lowest BCUT2D eigenvalue weighted by molar-refractivity contribution is -0.149. The summed E-state index contributed by atoms with van der Waals surface area (Å²) in [6, 6.07) is 16.1. The number of ether oxygens (including phenoxy) is 2. The summed E-state index contributed by atoms with van der Waals surface area (Å²) in [5.74, 6) is -0.953. The van der Waals surface area contributed by atoms with Crippen LogP contribution in [0.15, 0.2) is 60.0 Å². The maximum atomic E-state index is 11.9. The molecule has 0 radical (unpaired) electrons. The minimum Gasteiger partial charge on any atom is -0.481 e. The molecule has 3 aromatic rings. The number of carbonyl (C=O) groups excluding carboxylic acids is 3. The topological polar surface area (TPSA) is 94.6 Å². The number of carbonyl (C=O) groups is 3. The third-order valence-electron chi connectivity index (χ3n) is 3.58. The van der Waals surface area contributed by atoms with Crippen LogP contribution in [0.2, 0.25) is 0 Å². The van der Waals surface area contributed by atoms with Crippen LogP contribution in [0.4, 0.5) is 5.13 Å². The number of hydrogen-bond donors (Lipinski definition) is 1. The Balaban J connectivity index is 1.45. The summed E-state index contributed by atoms with van der Waals surface area (Å²) in [6.45, 7) is -0.870. The molecule has 0 spiro atoms. The summed E-state index contributed by atoms with van der Waals surface area (Å²) in [5.41, 5.74) is 2.02. The van der Waals surface area contributed by atoms with Crippen molar-refractivity contribution < 1.29 is 23.9 Å². The van der Waals surface area contributed by atoms with E-state index in [1.54, 1.807) is 24.3 Å². The molecule has 0 aliphatic heterocycles. The fraction of sp³-hybridized carbons (Fsp3) is 0.100. The van der Waals surface area contributed by atoms with Crippen LogP contribution in [0.3, 0.4) is 0 Å². The van der Waals surface area contributed by atoms with Gasteiger partial charge in [-0.05, 0) is 12.1 Å². The van der Waals surface area contributed by atoms with Gasteiger partial charge in [-0.3, -0.25) is 14.9 Å². The Kier molecular flexibility index (Phi) is 6.48. The summed E-state index contributed by atoms with van der Waals surface area (Å²) in [5, 5.41) is 4.83. The zero-order valence-electron chi connectivity index (χ0n) is 14.7. The van der Waals surface area contributed by atoms with Gasteiger partial charge in [-0.25, -0.2) is 9.78 Å². The molecular formula is C20H16N2O5S. The smallest absolute Gasteiger partial charge is 0.344 e. The molecule has 3 rings (SSSR count). The van der Waals surface area contributed by atoms with Gasteiger partial charge in [-0.1, -0.05) is 42.5 Å². The van der Waals surface area contributed by atoms with E-state index in [4.69, 9.17) is 9.47 Å². The van der Waals surface area contributed by atoms with Gasteiger partial charge in [0.1, 0.15) is 5.75 Å². The number of thiazole rings is 1. The van der Waals surface area contributed by atoms with Crippen LogP contribution in [0.1, 0.15) is 10.4 Å². The molecule has 0 atom stereocenters. The Morgan fingerprint density at radius 3 is 2.57 bits per heavy atom. The third kappa shape index (κ3) is 5.24. The molecule has 0 aliphatic rings. The fourth-order valence-electron chi connectivity index (χ4n) is 2.26. The highest BCUT2D eigenvalue weighted by atomic mass is 32.1. The van der Waals surface area contributed by atoms with E-state index < -0.39 is 25.1 Å². The van der Waals surface area contributed by atoms with Gasteiger partial charge in [0, 0.05) is 10.9 Å². The number of nitrogens with zero attached hydrogens (tertiary/aromatic N) is 1. The summed E-state index contributed by atoms with van der Waals surface area (Å²) in [4.78, 5) is 38.9. The molecule has 0 saturated carbocycles. The highest BCUT2D eigenvalue weighted by molar-refractivity contribution is 7.14. The number of anilines is 1. The normalized spacial score (nSPS) is 10.1. The lowest BCUT2D eigenvalue weighted by Gasteiger charge is -2.08. The second-order valence-corrected chi connectivity index (χ2v) is 6.42. The first kappa shape index (κ1) is 19.2. The average molecular weight is 396 g/mol. The second kappa shape index (κ2) is 9.43. The van der Waals surface area contributed by atoms with E-state index >= 15 is 0 Å². The summed E-state index contributed by atoms with van der Waals surface area (Å²) < 4.78 is 10.1. The number of aldehydes is 1. The molecular weight excluding hydrogens is 380 g/mol. The average Bonchev–Trinajstić information content (AvgIpc) is 3.20. The zero-order valence-corrected chi connectivity index (χ0v) is 15.5. The molecule has 142 valence electrons. The monoisotopic (exact) mass is 396 g/mol. The minimum absolute atomic E-state index is 0.273. The lowest BCUT2D eigenvalue weighted by atomic mass is 10.2. The summed E-state index contributed by atoms with van der Waals surface area (Å²) in [7, 11) is 0. The SMILES string of the molecule is O=Cc1ccccc1OCC(=O)OCC(=O)Nc1nc(-c2ccccc2)cs1. The Morgan fingerprint density at radius 2 is 1.79 bits per heavy atom. The van der Waals surface area contributed by atoms with Gasteiger partial charge in [0.2, 0.25) is 0 Å². The van der Waals surface area contributed by atoms with Crippen LogP contribution in [0, 0.1) is 0 Å². The van der Waals surface area contributed by atoms with Crippen molar-refractivity contribution in [2.75, 3.05) is 18.5 Å². The van der Waals surface area contributed by atoms with E-state index in [1.165, 1.54) is 11.3 Å². The van der Waals surface area contributed by atoms with E-state index in [9.17, 15) is 14.4 Å². The number of esters is 1. The quantitative estimate of drug-likeness (QED) is 0.464. The van der Waals surface area contributed by atoms with Crippen molar-refractivity contribution in [3.05, 3.63) is 65.5 Å². The van der Waals surface area contributed by atoms with Gasteiger partial charge in [-0.2, -0.15) is 0 Å². The standard InChI is InChI=1S/C20H16N2O5S/c23-10-15-8-4-5-9-17(15)26-12-19(25)27-11-18(24)22-20-21-16(13-28-20)14-6-2-1-3-7-14/h1-10,13H,11-12H2,(H,21,22,24). The number of aromatic nitrogens is 1. The first-order valence-corrected chi connectivity index (χ1v) is 9.17. The maximum Gasteiger partial charge on any atom is 0.344 e. The van der Waals surface area contributed by atoms with Gasteiger partial charge < -0.3 is 9.47 Å². The van der Waals surface area contributed by atoms with E-state index in [0.717, 1.165) is 11.3 Å². The molecule has 2 aromatic carbocycles. The first-order valence-electron chi connectivity index (χ1n) is 8.29. The van der Waals surface area contributed by atoms with Crippen molar-refractivity contribution in [3.8, 4) is 17.0 Å². The molecule has 1 N–H and O–H groups in total. The molecule has 0 bridgehead atoms. The van der Waals surface area contributed by atoms with Crippen LogP contribution in [0.5, 0.6) is 5.75 Å². The van der Waals surface area contributed by atoms with Crippen molar-refractivity contribution >= 4 is 34.6 Å². The number of benzene rings is 2. The number of rotatable bonds is 8. The molecule has 0 aliphatic carbocycles. The molecule has 0 fully saturated rings. The molecule has 7 nitrogen and oxygen atoms in total. The predicted octanol–water partition coefficient (Wildman–Crippen LogP) is 3.18. The summed E-state index contributed by atoms with van der Waals surface area (Å²) >= 11 is 1.28. The van der Waals surface area contributed by atoms with Crippen LogP contribution in [-0.2, 0) is 14.3 Å². The van der Waals surface area contributed by atoms with Crippen molar-refractivity contribution in [3.63, 3.8) is 0 Å². The minimum atomic E-state index is -0.722. The Hall–Kier alpha value is -3.52. The number of amides is 1. The van der Waals surface area contributed by atoms with Crippen molar-refractivity contribution in [2.45, 2.75) is 0 Å². The zero-order chi connectivity index (χ0) is 19.8. The Bertz CT molecular complexity index is 971. The molecule has 0 unspecified atom stereocenters. The highest BCUT2D eigenvalue weighted by Crippen LogP contribution is 2.24. The second-order valence-electron chi connectivity index (χ2n) is 5.56. The van der Waals surface area contributed by atoms with Crippen LogP contribution in [0.25, 0.3) is 11.3 Å². The Morgan fingerprint density at radius 1 is 1.04 bits per heavy atom. The van der Waals surface area contributed by atoms with E-state index in [1.807, 2.05) is 35.7 Å². The largest absolute Gasteiger partial charge is 0.481 e. The van der Waals surface area contributed by atoms with Gasteiger partial charge >= 0.3 is 5.97 Å². The molecule has 1 heterocycles. The molecule has 0 saturated heterocycles. The van der Waals surface area contributed by atoms with Crippen molar-refractivity contribution in [2.24, 2.45) is 0 Å². The van der Waals surface area contributed by atoms with Crippen LogP contribution in [-0.4, -0.2) is 36.4 Å². The predicted molar refractivity (Wildman–Crippen MR) is 104 cm³/mol. The molecule has 8 heteroatoms. The maximum absolute atomic E-state index is 11.9. The van der Waals surface area contributed by atoms with Crippen LogP contribution < -0.4 is 10.1 Å². The molecule has 28 heavy (non-hydrogen) atoms. The van der Waals surface area contributed by atoms with Gasteiger partial charge in [-0.15, -0.1) is 11.3 Å². The Labute approximate surface area is 164 Å². The van der Waals surface area contributed by atoms with Gasteiger partial charge in [0.15, 0.2) is 24.6 Å². The number of hydrogen-bond acceptors (Lipinski definition) is 7. The number of nitrogens with one attached hydrogen (secondary N) is 1. The van der Waals surface area contributed by atoms with E-state index in [0.29, 0.717) is 17.0 Å². The summed E-state index contributed by atoms with van der Waals surface area (Å²) in [6.07, 6.45) is 0.631. The third-order valence-corrected chi connectivity index (χ3v) is 4.33. The highest BCUT2D eigenvalue weighted by Gasteiger charge is 2.12. The fourth-order valence-corrected chi connectivity index (χ4v) is 3.00. The van der Waals surface area contributed by atoms with Crippen molar-refractivity contribution in [1.82, 2.24) is 4.98 Å². The molecule has 1 aromatic heterocycles. The van der Waals surface area contributed by atoms with Gasteiger partial charge in [0.05, 0.1) is 11.3 Å². The number of para-hydroxylation sites is 1. The lowest BCUT2D eigenvalue weighted by Crippen LogP contribution is -2.23. The van der Waals surface area contributed by atoms with Crippen molar-refractivity contribution in [1.29, 1.82) is 0 Å². The molecule has 1 amide bonds. The van der Waals surface area contributed by atoms with Gasteiger partial charge in [0.25, 0.3) is 5.91 Å². The first-order chi connectivity index (χ1) is 13.7. The van der Waals surface area contributed by atoms with Crippen LogP contribution >= 0.6 is 11.3 Å². The van der Waals surface area contributed by atoms with E-state index in [-0.39, 0.29) is 5.75 Å². The van der Waals surface area contributed by atoms with E-state index in [2.05, 4.69) is 10.3 Å².